The van der Waals surface area contributed by atoms with Crippen LogP contribution in [0, 0.1) is 11.3 Å². The van der Waals surface area contributed by atoms with Gasteiger partial charge in [0.25, 0.3) is 0 Å². The third-order valence-corrected chi connectivity index (χ3v) is 5.95. The second-order valence-corrected chi connectivity index (χ2v) is 7.63. The highest BCUT2D eigenvalue weighted by Gasteiger charge is 2.26. The van der Waals surface area contributed by atoms with Crippen LogP contribution in [-0.4, -0.2) is 62.6 Å². The van der Waals surface area contributed by atoms with Crippen molar-refractivity contribution < 1.29 is 13.2 Å². The molecule has 0 bridgehead atoms. The Morgan fingerprint density at radius 2 is 2.00 bits per heavy atom. The van der Waals surface area contributed by atoms with Crippen molar-refractivity contribution in [2.24, 2.45) is 0 Å². The molecule has 1 N–H and O–H groups in total. The molecule has 130 valence electrons. The fraction of sp³-hybridized carbons (Fsp3) is 0.467. The third kappa shape index (κ3) is 4.64. The minimum absolute atomic E-state index is 0.249. The highest BCUT2D eigenvalue weighted by atomic mass is 32.2. The van der Waals surface area contributed by atoms with Crippen molar-refractivity contribution in [3.05, 3.63) is 24.3 Å². The van der Waals surface area contributed by atoms with E-state index in [1.165, 1.54) is 4.31 Å². The van der Waals surface area contributed by atoms with Crippen molar-refractivity contribution in [3.8, 4) is 6.07 Å². The molecule has 1 aromatic carbocycles. The predicted octanol–water partition coefficient (Wildman–Crippen LogP) is 1.25. The van der Waals surface area contributed by atoms with Crippen molar-refractivity contribution in [3.63, 3.8) is 0 Å². The van der Waals surface area contributed by atoms with Crippen LogP contribution in [0.15, 0.2) is 29.2 Å². The average Bonchev–Trinajstić information content (AvgIpc) is 2.60. The molecule has 1 saturated heterocycles. The molecule has 7 nitrogen and oxygen atoms in total. The minimum Gasteiger partial charge on any atom is -0.379 e. The van der Waals surface area contributed by atoms with Crippen LogP contribution in [0.2, 0.25) is 0 Å². The lowest BCUT2D eigenvalue weighted by Crippen LogP contribution is -2.40. The summed E-state index contributed by atoms with van der Waals surface area (Å²) in [4.78, 5) is 2.01. The molecular formula is C15H20N4O3S2. The zero-order valence-corrected chi connectivity index (χ0v) is 15.1. The Bertz CT molecular complexity index is 707. The van der Waals surface area contributed by atoms with Crippen LogP contribution in [0.25, 0.3) is 0 Å². The summed E-state index contributed by atoms with van der Waals surface area (Å²) in [5, 5.41) is 12.1. The highest BCUT2D eigenvalue weighted by Crippen LogP contribution is 2.19. The van der Waals surface area contributed by atoms with Crippen molar-refractivity contribution in [1.29, 1.82) is 5.26 Å². The van der Waals surface area contributed by atoms with Crippen molar-refractivity contribution >= 4 is 33.0 Å². The number of hydrogen-bond acceptors (Lipinski definition) is 5. The molecule has 0 radical (unpaired) electrons. The predicted molar refractivity (Wildman–Crippen MR) is 95.1 cm³/mol. The Morgan fingerprint density at radius 3 is 2.58 bits per heavy atom. The maximum atomic E-state index is 12.5. The first-order valence-electron chi connectivity index (χ1n) is 7.52. The first-order valence-corrected chi connectivity index (χ1v) is 9.37. The first kappa shape index (κ1) is 18.6. The zero-order chi connectivity index (χ0) is 17.6. The van der Waals surface area contributed by atoms with Gasteiger partial charge in [0.15, 0.2) is 5.11 Å². The lowest BCUT2D eigenvalue weighted by molar-refractivity contribution is 0.0730. The van der Waals surface area contributed by atoms with Crippen LogP contribution in [-0.2, 0) is 14.8 Å². The smallest absolute Gasteiger partial charge is 0.243 e. The van der Waals surface area contributed by atoms with E-state index in [0.717, 1.165) is 0 Å². The normalized spacial score (nSPS) is 15.5. The van der Waals surface area contributed by atoms with Crippen LogP contribution in [0.1, 0.15) is 6.42 Å². The molecule has 0 spiro atoms. The van der Waals surface area contributed by atoms with E-state index in [0.29, 0.717) is 50.1 Å². The number of anilines is 1. The van der Waals surface area contributed by atoms with E-state index < -0.39 is 10.0 Å². The Morgan fingerprint density at radius 1 is 1.38 bits per heavy atom. The highest BCUT2D eigenvalue weighted by molar-refractivity contribution is 7.89. The van der Waals surface area contributed by atoms with Crippen molar-refractivity contribution in [2.75, 3.05) is 45.2 Å². The summed E-state index contributed by atoms with van der Waals surface area (Å²) in [5.41, 5.74) is 0.699. The summed E-state index contributed by atoms with van der Waals surface area (Å²) in [6, 6.07) is 8.54. The SMILES string of the molecule is CN(CCC#N)C(=S)Nc1ccc(S(=O)(=O)N2CCOCC2)cc1. The largest absolute Gasteiger partial charge is 0.379 e. The summed E-state index contributed by atoms with van der Waals surface area (Å²) in [5.74, 6) is 0. The molecule has 24 heavy (non-hydrogen) atoms. The van der Waals surface area contributed by atoms with Gasteiger partial charge in [-0.2, -0.15) is 9.57 Å². The zero-order valence-electron chi connectivity index (χ0n) is 13.4. The maximum Gasteiger partial charge on any atom is 0.243 e. The number of hydrogen-bond donors (Lipinski definition) is 1. The Kier molecular flexibility index (Phi) is 6.51. The first-order chi connectivity index (χ1) is 11.4. The molecule has 0 amide bonds. The molecule has 1 aliphatic heterocycles. The summed E-state index contributed by atoms with van der Waals surface area (Å²) in [6.45, 7) is 2.11. The topological polar surface area (TPSA) is 85.7 Å². The number of sulfonamides is 1. The van der Waals surface area contributed by atoms with E-state index in [-0.39, 0.29) is 4.90 Å². The lowest BCUT2D eigenvalue weighted by atomic mass is 10.3. The van der Waals surface area contributed by atoms with Crippen LogP contribution in [0.5, 0.6) is 0 Å². The monoisotopic (exact) mass is 368 g/mol. The lowest BCUT2D eigenvalue weighted by Gasteiger charge is -2.26. The van der Waals surface area contributed by atoms with Gasteiger partial charge < -0.3 is 15.0 Å². The van der Waals surface area contributed by atoms with Gasteiger partial charge in [-0.15, -0.1) is 0 Å². The van der Waals surface area contributed by atoms with E-state index in [9.17, 15) is 8.42 Å². The molecule has 0 atom stereocenters. The summed E-state index contributed by atoms with van der Waals surface area (Å²) in [7, 11) is -1.69. The Labute approximate surface area is 147 Å². The number of thiocarbonyl (C=S) groups is 1. The summed E-state index contributed by atoms with van der Waals surface area (Å²) in [6.07, 6.45) is 0.384. The molecule has 1 fully saturated rings. The molecule has 0 aliphatic carbocycles. The van der Waals surface area contributed by atoms with Crippen LogP contribution >= 0.6 is 12.2 Å². The van der Waals surface area contributed by atoms with Crippen LogP contribution in [0.4, 0.5) is 5.69 Å². The molecule has 0 saturated carbocycles. The number of benzene rings is 1. The van der Waals surface area contributed by atoms with Gasteiger partial charge in [-0.25, -0.2) is 8.42 Å². The third-order valence-electron chi connectivity index (χ3n) is 3.62. The van der Waals surface area contributed by atoms with Gasteiger partial charge in [0.1, 0.15) is 0 Å². The quantitative estimate of drug-likeness (QED) is 0.783. The van der Waals surface area contributed by atoms with Crippen LogP contribution < -0.4 is 5.32 Å². The van der Waals surface area contributed by atoms with Gasteiger partial charge in [-0.1, -0.05) is 0 Å². The van der Waals surface area contributed by atoms with Gasteiger partial charge in [0.05, 0.1) is 30.6 Å². The van der Waals surface area contributed by atoms with Gasteiger partial charge in [0, 0.05) is 32.4 Å². The molecule has 1 aromatic rings. The van der Waals surface area contributed by atoms with E-state index >= 15 is 0 Å². The van der Waals surface area contributed by atoms with Gasteiger partial charge in [-0.3, -0.25) is 0 Å². The number of ether oxygens (including phenoxy) is 1. The second-order valence-electron chi connectivity index (χ2n) is 5.30. The summed E-state index contributed by atoms with van der Waals surface area (Å²) < 4.78 is 31.7. The van der Waals surface area contributed by atoms with Gasteiger partial charge in [-0.05, 0) is 36.5 Å². The van der Waals surface area contributed by atoms with Crippen LogP contribution in [0.3, 0.4) is 0 Å². The number of nitrogens with one attached hydrogen (secondary N) is 1. The van der Waals surface area contributed by atoms with Crippen molar-refractivity contribution in [1.82, 2.24) is 9.21 Å². The van der Waals surface area contributed by atoms with E-state index in [4.69, 9.17) is 22.2 Å². The average molecular weight is 368 g/mol. The number of nitrogens with zero attached hydrogens (tertiary/aromatic N) is 3. The van der Waals surface area contributed by atoms with Crippen molar-refractivity contribution in [2.45, 2.75) is 11.3 Å². The molecule has 0 aromatic heterocycles. The van der Waals surface area contributed by atoms with E-state index in [1.54, 1.807) is 36.2 Å². The molecule has 9 heteroatoms. The number of nitriles is 1. The fourth-order valence-electron chi connectivity index (χ4n) is 2.18. The van der Waals surface area contributed by atoms with Gasteiger partial charge in [0.2, 0.25) is 10.0 Å². The molecular weight excluding hydrogens is 348 g/mol. The summed E-state index contributed by atoms with van der Waals surface area (Å²) >= 11 is 5.25. The molecule has 1 aliphatic rings. The second kappa shape index (κ2) is 8.39. The molecule has 0 unspecified atom stereocenters. The Hall–Kier alpha value is -1.73. The number of morpholine rings is 1. The standard InChI is InChI=1S/C15H20N4O3S2/c1-18(8-2-7-16)15(23)17-13-3-5-14(6-4-13)24(20,21)19-9-11-22-12-10-19/h3-6H,2,8-12H2,1H3,(H,17,23). The Balaban J connectivity index is 2.02. The van der Waals surface area contributed by atoms with Gasteiger partial charge >= 0.3 is 0 Å². The fourth-order valence-corrected chi connectivity index (χ4v) is 3.80. The van der Waals surface area contributed by atoms with E-state index in [2.05, 4.69) is 11.4 Å². The maximum absolute atomic E-state index is 12.5. The molecule has 2 rings (SSSR count). The van der Waals surface area contributed by atoms with E-state index in [1.807, 2.05) is 0 Å². The molecule has 1 heterocycles. The number of rotatable bonds is 5. The minimum atomic E-state index is -3.49.